The molecule has 0 spiro atoms. The zero-order valence-corrected chi connectivity index (χ0v) is 18.0. The van der Waals surface area contributed by atoms with Crippen LogP contribution in [0.2, 0.25) is 0 Å². The Labute approximate surface area is 172 Å². The largest absolute Gasteiger partial charge is 0.0625 e. The molecule has 2 aliphatic carbocycles. The summed E-state index contributed by atoms with van der Waals surface area (Å²) in [5.74, 6) is 3.86. The molecule has 0 unspecified atom stereocenters. The molecule has 0 atom stereocenters. The average molecular weight is 375 g/mol. The van der Waals surface area contributed by atoms with Crippen LogP contribution in [0.1, 0.15) is 86.5 Å². The molecular formula is C28H38. The van der Waals surface area contributed by atoms with E-state index in [4.69, 9.17) is 0 Å². The van der Waals surface area contributed by atoms with E-state index < -0.39 is 0 Å². The Morgan fingerprint density at radius 1 is 0.607 bits per heavy atom. The van der Waals surface area contributed by atoms with Crippen LogP contribution >= 0.6 is 0 Å². The van der Waals surface area contributed by atoms with E-state index in [1.807, 2.05) is 0 Å². The van der Waals surface area contributed by atoms with E-state index in [1.54, 1.807) is 5.56 Å². The third kappa shape index (κ3) is 5.07. The lowest BCUT2D eigenvalue weighted by Crippen LogP contribution is -2.24. The van der Waals surface area contributed by atoms with Gasteiger partial charge in [0.2, 0.25) is 0 Å². The van der Waals surface area contributed by atoms with Crippen LogP contribution < -0.4 is 0 Å². The fraction of sp³-hybridized carbons (Fsp3) is 0.571. The van der Waals surface area contributed by atoms with Crippen molar-refractivity contribution in [1.29, 1.82) is 0 Å². The Morgan fingerprint density at radius 3 is 1.61 bits per heavy atom. The number of aryl methyl sites for hydroxylation is 3. The second kappa shape index (κ2) is 9.29. The quantitative estimate of drug-likeness (QED) is 0.499. The first-order chi connectivity index (χ1) is 13.7. The van der Waals surface area contributed by atoms with Gasteiger partial charge in [0.1, 0.15) is 0 Å². The maximum atomic E-state index is 2.44. The van der Waals surface area contributed by atoms with Gasteiger partial charge in [0.25, 0.3) is 0 Å². The molecule has 0 heteroatoms. The highest BCUT2D eigenvalue weighted by atomic mass is 14.4. The van der Waals surface area contributed by atoms with Crippen molar-refractivity contribution in [2.75, 3.05) is 0 Å². The van der Waals surface area contributed by atoms with Crippen molar-refractivity contribution >= 4 is 0 Å². The molecule has 0 aliphatic heterocycles. The van der Waals surface area contributed by atoms with Crippen LogP contribution in [0, 0.1) is 24.7 Å². The van der Waals surface area contributed by atoms with Crippen LogP contribution in [0.3, 0.4) is 0 Å². The summed E-state index contributed by atoms with van der Waals surface area (Å²) < 4.78 is 0. The zero-order chi connectivity index (χ0) is 19.3. The lowest BCUT2D eigenvalue weighted by atomic mass is 9.68. The smallest absolute Gasteiger partial charge is 0.0162 e. The van der Waals surface area contributed by atoms with Crippen molar-refractivity contribution in [2.24, 2.45) is 17.8 Å². The van der Waals surface area contributed by atoms with Gasteiger partial charge in [-0.15, -0.1) is 0 Å². The predicted molar refractivity (Wildman–Crippen MR) is 121 cm³/mol. The molecule has 0 N–H and O–H groups in total. The molecule has 2 fully saturated rings. The van der Waals surface area contributed by atoms with Gasteiger partial charge in [-0.1, -0.05) is 73.9 Å². The Balaban J connectivity index is 1.26. The number of hydrogen-bond donors (Lipinski definition) is 0. The summed E-state index contributed by atoms with van der Waals surface area (Å²) in [4.78, 5) is 0. The fourth-order valence-electron chi connectivity index (χ4n) is 5.68. The molecule has 28 heavy (non-hydrogen) atoms. The highest BCUT2D eigenvalue weighted by Crippen LogP contribution is 2.43. The summed E-state index contributed by atoms with van der Waals surface area (Å²) >= 11 is 0. The van der Waals surface area contributed by atoms with Gasteiger partial charge in [-0.2, -0.15) is 0 Å². The molecule has 0 aromatic heterocycles. The molecule has 150 valence electrons. The zero-order valence-electron chi connectivity index (χ0n) is 18.0. The molecular weight excluding hydrogens is 336 g/mol. The van der Waals surface area contributed by atoms with Crippen molar-refractivity contribution in [3.63, 3.8) is 0 Å². The number of hydrogen-bond acceptors (Lipinski definition) is 0. The third-order valence-corrected chi connectivity index (χ3v) is 7.77. The van der Waals surface area contributed by atoms with E-state index >= 15 is 0 Å². The minimum Gasteiger partial charge on any atom is -0.0625 e. The van der Waals surface area contributed by atoms with Gasteiger partial charge < -0.3 is 0 Å². The maximum Gasteiger partial charge on any atom is -0.0162 e. The summed E-state index contributed by atoms with van der Waals surface area (Å²) in [6.45, 7) is 4.60. The van der Waals surface area contributed by atoms with Crippen LogP contribution in [-0.2, 0) is 12.8 Å². The topological polar surface area (TPSA) is 0 Å². The number of benzene rings is 2. The number of rotatable bonds is 5. The van der Waals surface area contributed by atoms with Crippen LogP contribution in [0.4, 0.5) is 0 Å². The SMILES string of the molecule is Cc1ccc(CCc2ccc(C3CCC(C4CCC(C)CC4)CC3)cc2)cc1. The molecule has 0 heterocycles. The van der Waals surface area contributed by atoms with E-state index in [0.29, 0.717) is 0 Å². The van der Waals surface area contributed by atoms with Gasteiger partial charge in [0, 0.05) is 0 Å². The van der Waals surface area contributed by atoms with Crippen molar-refractivity contribution in [3.05, 3.63) is 70.8 Å². The molecule has 0 radical (unpaired) electrons. The van der Waals surface area contributed by atoms with Crippen molar-refractivity contribution in [2.45, 2.75) is 84.0 Å². The summed E-state index contributed by atoms with van der Waals surface area (Å²) in [7, 11) is 0. The molecule has 2 aromatic carbocycles. The Kier molecular flexibility index (Phi) is 6.55. The minimum atomic E-state index is 0.810. The summed E-state index contributed by atoms with van der Waals surface area (Å²) in [6.07, 6.45) is 14.0. The second-order valence-electron chi connectivity index (χ2n) is 9.86. The normalized spacial score (nSPS) is 28.2. The maximum absolute atomic E-state index is 2.44. The second-order valence-corrected chi connectivity index (χ2v) is 9.86. The molecule has 0 bridgehead atoms. The Morgan fingerprint density at radius 2 is 1.07 bits per heavy atom. The lowest BCUT2D eigenvalue weighted by molar-refractivity contribution is 0.165. The third-order valence-electron chi connectivity index (χ3n) is 7.77. The van der Waals surface area contributed by atoms with Gasteiger partial charge in [-0.05, 0) is 98.7 Å². The standard InChI is InChI=1S/C28H38/c1-21-3-7-23(8-4-21)9-10-24-11-15-26(16-12-24)28-19-17-27(18-20-28)25-13-5-22(2)6-14-25/h3-4,7-8,11-12,15-16,22,25,27-28H,5-6,9-10,13-14,17-20H2,1-2H3. The van der Waals surface area contributed by atoms with E-state index in [-0.39, 0.29) is 0 Å². The molecule has 2 aliphatic rings. The minimum absolute atomic E-state index is 0.810. The highest BCUT2D eigenvalue weighted by molar-refractivity contribution is 5.28. The molecule has 2 aromatic rings. The molecule has 0 saturated heterocycles. The van der Waals surface area contributed by atoms with Crippen LogP contribution in [0.25, 0.3) is 0 Å². The molecule has 0 nitrogen and oxygen atoms in total. The van der Waals surface area contributed by atoms with Crippen molar-refractivity contribution in [3.8, 4) is 0 Å². The first kappa shape index (κ1) is 19.7. The fourth-order valence-corrected chi connectivity index (χ4v) is 5.68. The van der Waals surface area contributed by atoms with Gasteiger partial charge in [-0.25, -0.2) is 0 Å². The highest BCUT2D eigenvalue weighted by Gasteiger charge is 2.30. The Bertz CT molecular complexity index is 708. The summed E-state index contributed by atoms with van der Waals surface area (Å²) in [6, 6.07) is 18.6. The predicted octanol–water partition coefficient (Wildman–Crippen LogP) is 7.88. The van der Waals surface area contributed by atoms with Crippen LogP contribution in [0.15, 0.2) is 48.5 Å². The monoisotopic (exact) mass is 374 g/mol. The molecule has 4 rings (SSSR count). The molecule has 2 saturated carbocycles. The van der Waals surface area contributed by atoms with Crippen LogP contribution in [-0.4, -0.2) is 0 Å². The van der Waals surface area contributed by atoms with Gasteiger partial charge in [-0.3, -0.25) is 0 Å². The van der Waals surface area contributed by atoms with Gasteiger partial charge in [0.05, 0.1) is 0 Å². The van der Waals surface area contributed by atoms with E-state index in [2.05, 4.69) is 62.4 Å². The van der Waals surface area contributed by atoms with E-state index in [0.717, 1.165) is 36.5 Å². The summed E-state index contributed by atoms with van der Waals surface area (Å²) in [5.41, 5.74) is 5.87. The Hall–Kier alpha value is -1.56. The first-order valence-electron chi connectivity index (χ1n) is 11.8. The van der Waals surface area contributed by atoms with Crippen molar-refractivity contribution in [1.82, 2.24) is 0 Å². The van der Waals surface area contributed by atoms with Gasteiger partial charge >= 0.3 is 0 Å². The summed E-state index contributed by atoms with van der Waals surface area (Å²) in [5, 5.41) is 0. The molecule has 0 amide bonds. The lowest BCUT2D eigenvalue weighted by Gasteiger charge is -2.37. The van der Waals surface area contributed by atoms with E-state index in [9.17, 15) is 0 Å². The van der Waals surface area contributed by atoms with Crippen LogP contribution in [0.5, 0.6) is 0 Å². The first-order valence-corrected chi connectivity index (χ1v) is 11.8. The average Bonchev–Trinajstić information content (AvgIpc) is 2.74. The van der Waals surface area contributed by atoms with Crippen molar-refractivity contribution < 1.29 is 0 Å². The van der Waals surface area contributed by atoms with Gasteiger partial charge in [0.15, 0.2) is 0 Å². The van der Waals surface area contributed by atoms with E-state index in [1.165, 1.54) is 68.1 Å².